The number of nitro benzene ring substituents is 1. The van der Waals surface area contributed by atoms with Crippen LogP contribution in [0, 0.1) is 73.3 Å². The third-order valence-corrected chi connectivity index (χ3v) is 4.46. The van der Waals surface area contributed by atoms with E-state index < -0.39 is 0 Å². The molecule has 2 aromatic rings. The maximum absolute atomic E-state index is 10.8. The van der Waals surface area contributed by atoms with Crippen LogP contribution in [0.2, 0.25) is 0 Å². The van der Waals surface area contributed by atoms with Gasteiger partial charge in [-0.15, -0.1) is 0 Å². The summed E-state index contributed by atoms with van der Waals surface area (Å²) in [6.07, 6.45) is 16.1. The minimum atomic E-state index is -0.379. The van der Waals surface area contributed by atoms with Crippen molar-refractivity contribution in [3.63, 3.8) is 0 Å². The Labute approximate surface area is 185 Å². The fourth-order valence-electron chi connectivity index (χ4n) is 2.95. The zero-order chi connectivity index (χ0) is 19.9. The Morgan fingerprint density at radius 2 is 1.10 bits per heavy atom. The largest absolute Gasteiger partial charge is 2.00 e. The molecule has 10 radical (unpaired) electrons. The number of rotatable bonds is 4. The van der Waals surface area contributed by atoms with Crippen LogP contribution in [-0.2, 0) is 17.1 Å². The van der Waals surface area contributed by atoms with Gasteiger partial charge in [-0.3, -0.25) is 10.1 Å². The van der Waals surface area contributed by atoms with Gasteiger partial charge < -0.3 is 4.90 Å². The summed E-state index contributed by atoms with van der Waals surface area (Å²) in [4.78, 5) is 12.5. The molecule has 0 aromatic heterocycles. The van der Waals surface area contributed by atoms with Crippen molar-refractivity contribution in [2.75, 3.05) is 19.0 Å². The van der Waals surface area contributed by atoms with E-state index in [1.165, 1.54) is 0 Å². The van der Waals surface area contributed by atoms with Crippen molar-refractivity contribution in [3.8, 4) is 0 Å². The van der Waals surface area contributed by atoms with Gasteiger partial charge in [0.1, 0.15) is 0 Å². The van der Waals surface area contributed by atoms with Gasteiger partial charge in [0.05, 0.1) is 4.92 Å². The van der Waals surface area contributed by atoms with E-state index in [0.717, 1.165) is 28.7 Å². The van der Waals surface area contributed by atoms with Gasteiger partial charge in [-0.25, -0.2) is 0 Å². The molecule has 2 aromatic carbocycles. The Morgan fingerprint density at radius 3 is 1.48 bits per heavy atom. The molecule has 2 fully saturated rings. The minimum Gasteiger partial charge on any atom is -0.378 e. The molecule has 0 heterocycles. The number of hydrogen-bond acceptors (Lipinski definition) is 3. The second-order valence-electron chi connectivity index (χ2n) is 6.56. The third-order valence-electron chi connectivity index (χ3n) is 4.46. The predicted molar refractivity (Wildman–Crippen MR) is 113 cm³/mol. The van der Waals surface area contributed by atoms with E-state index in [4.69, 9.17) is 0 Å². The molecular formula is C24H22FeN2O2+2. The molecule has 0 bridgehead atoms. The van der Waals surface area contributed by atoms with Gasteiger partial charge in [-0.05, 0) is 74.6 Å². The van der Waals surface area contributed by atoms with Crippen molar-refractivity contribution in [1.82, 2.24) is 0 Å². The smallest absolute Gasteiger partial charge is 0.378 e. The summed E-state index contributed by atoms with van der Waals surface area (Å²) in [7, 11) is 4.03. The van der Waals surface area contributed by atoms with Crippen molar-refractivity contribution in [3.05, 3.63) is 133 Å². The van der Waals surface area contributed by atoms with Crippen molar-refractivity contribution < 1.29 is 22.0 Å². The van der Waals surface area contributed by atoms with Crippen LogP contribution in [0.15, 0.2) is 48.5 Å². The van der Waals surface area contributed by atoms with Crippen LogP contribution < -0.4 is 4.90 Å². The molecule has 4 rings (SSSR count). The van der Waals surface area contributed by atoms with E-state index in [2.05, 4.69) is 35.6 Å². The van der Waals surface area contributed by atoms with Gasteiger partial charge in [0.2, 0.25) is 0 Å². The van der Waals surface area contributed by atoms with E-state index in [9.17, 15) is 10.1 Å². The summed E-state index contributed by atoms with van der Waals surface area (Å²) in [6, 6.07) is 15.0. The summed E-state index contributed by atoms with van der Waals surface area (Å²) in [5.41, 5.74) is 3.37. The summed E-state index contributed by atoms with van der Waals surface area (Å²) in [5, 5.41) is 10.8. The first kappa shape index (κ1) is 23.4. The van der Waals surface area contributed by atoms with Crippen molar-refractivity contribution in [1.29, 1.82) is 0 Å². The zero-order valence-electron chi connectivity index (χ0n) is 16.3. The molecule has 5 heteroatoms. The zero-order valence-corrected chi connectivity index (χ0v) is 17.4. The molecule has 0 spiro atoms. The number of nitro groups is 1. The molecule has 29 heavy (non-hydrogen) atoms. The van der Waals surface area contributed by atoms with Gasteiger partial charge >= 0.3 is 17.1 Å². The van der Waals surface area contributed by atoms with E-state index in [1.807, 2.05) is 59.0 Å². The Hall–Kier alpha value is -1.84. The Morgan fingerprint density at radius 1 is 0.690 bits per heavy atom. The molecule has 0 unspecified atom stereocenters. The molecule has 2 aliphatic carbocycles. The van der Waals surface area contributed by atoms with E-state index in [0.29, 0.717) is 0 Å². The Kier molecular flexibility index (Phi) is 9.19. The molecule has 0 atom stereocenters. The van der Waals surface area contributed by atoms with Crippen LogP contribution in [0.3, 0.4) is 0 Å². The molecule has 146 valence electrons. The van der Waals surface area contributed by atoms with Crippen LogP contribution in [0.25, 0.3) is 0 Å². The Balaban J connectivity index is 0.000000437. The quantitative estimate of drug-likeness (QED) is 0.399. The second kappa shape index (κ2) is 11.4. The van der Waals surface area contributed by atoms with Crippen LogP contribution in [0.4, 0.5) is 11.4 Å². The molecule has 2 saturated carbocycles. The molecule has 0 saturated heterocycles. The third kappa shape index (κ3) is 6.32. The van der Waals surface area contributed by atoms with Crippen molar-refractivity contribution >= 4 is 11.4 Å². The monoisotopic (exact) mass is 426 g/mol. The molecule has 2 aliphatic rings. The number of benzene rings is 2. The normalized spacial score (nSPS) is 16.6. The van der Waals surface area contributed by atoms with Crippen LogP contribution in [-0.4, -0.2) is 19.0 Å². The fraction of sp³-hybridized carbons (Fsp3) is 0.0833. The standard InChI is InChI=1S/C19H17N2O2.C5H5.Fe/c1-20(2)16-10-6-14(7-11-16)18-4-3-5-19(18)15-8-12-17(13-9-15)21(22)23;1-2-4-5-3-1;/h3-13H,1-2H3;1-5H;/q;;+2. The summed E-state index contributed by atoms with van der Waals surface area (Å²) >= 11 is 0. The first-order valence-corrected chi connectivity index (χ1v) is 9.01. The van der Waals surface area contributed by atoms with E-state index in [-0.39, 0.29) is 27.7 Å². The van der Waals surface area contributed by atoms with Crippen molar-refractivity contribution in [2.45, 2.75) is 0 Å². The number of non-ortho nitro benzene ring substituents is 1. The second-order valence-corrected chi connectivity index (χ2v) is 6.56. The number of anilines is 1. The molecule has 0 N–H and O–H groups in total. The number of hydrogen-bond donors (Lipinski definition) is 0. The van der Waals surface area contributed by atoms with Crippen LogP contribution in [0.5, 0.6) is 0 Å². The van der Waals surface area contributed by atoms with Crippen LogP contribution >= 0.6 is 0 Å². The Bertz CT molecular complexity index is 748. The molecular weight excluding hydrogens is 404 g/mol. The molecule has 0 aliphatic heterocycles. The van der Waals surface area contributed by atoms with Gasteiger partial charge in [0, 0.05) is 43.8 Å². The van der Waals surface area contributed by atoms with Gasteiger partial charge in [-0.2, -0.15) is 0 Å². The maximum Gasteiger partial charge on any atom is 2.00 e. The summed E-state index contributed by atoms with van der Waals surface area (Å²) in [5.74, 6) is 2.21. The SMILES string of the molecule is CN(C)c1ccc([C]2[CH][CH][CH][C]2c2ccc([N+](=O)[O-])cc2)cc1.[CH]1[CH][CH][CH][CH]1.[Fe+2]. The van der Waals surface area contributed by atoms with Gasteiger partial charge in [0.25, 0.3) is 5.69 Å². The molecule has 4 nitrogen and oxygen atoms in total. The summed E-state index contributed by atoms with van der Waals surface area (Å²) in [6.45, 7) is 0. The fourth-order valence-corrected chi connectivity index (χ4v) is 2.95. The first-order valence-electron chi connectivity index (χ1n) is 9.01. The topological polar surface area (TPSA) is 46.4 Å². The van der Waals surface area contributed by atoms with Crippen molar-refractivity contribution in [2.24, 2.45) is 0 Å². The minimum absolute atomic E-state index is 0. The van der Waals surface area contributed by atoms with Gasteiger partial charge in [-0.1, -0.05) is 24.3 Å². The maximum atomic E-state index is 10.8. The first-order chi connectivity index (χ1) is 13.6. The van der Waals surface area contributed by atoms with Crippen LogP contribution in [0.1, 0.15) is 11.1 Å². The summed E-state index contributed by atoms with van der Waals surface area (Å²) < 4.78 is 0. The van der Waals surface area contributed by atoms with Gasteiger partial charge in [0.15, 0.2) is 0 Å². The average Bonchev–Trinajstić information content (AvgIpc) is 3.43. The molecule has 0 amide bonds. The predicted octanol–water partition coefficient (Wildman–Crippen LogP) is 4.85. The number of nitrogens with zero attached hydrogens (tertiary/aromatic N) is 2. The van der Waals surface area contributed by atoms with E-state index >= 15 is 0 Å². The van der Waals surface area contributed by atoms with E-state index in [1.54, 1.807) is 24.3 Å². The average molecular weight is 426 g/mol.